The topological polar surface area (TPSA) is 42.7 Å². The second-order valence-electron chi connectivity index (χ2n) is 6.53. The number of rotatable bonds is 5. The Bertz CT molecular complexity index is 985. The number of hydrogen-bond acceptors (Lipinski definition) is 4. The van der Waals surface area contributed by atoms with Gasteiger partial charge in [-0.2, -0.15) is 0 Å². The van der Waals surface area contributed by atoms with Crippen LogP contribution in [0.1, 0.15) is 16.1 Å². The minimum absolute atomic E-state index is 0.0655. The van der Waals surface area contributed by atoms with Crippen molar-refractivity contribution in [1.82, 2.24) is 0 Å². The van der Waals surface area contributed by atoms with E-state index in [9.17, 15) is 4.79 Å². The molecule has 0 N–H and O–H groups in total. The fraction of sp³-hybridized carbons (Fsp3) is 0.174. The molecule has 0 aliphatic carbocycles. The molecular formula is C23H20ClNO3. The summed E-state index contributed by atoms with van der Waals surface area (Å²) in [7, 11) is 0. The number of furan rings is 1. The summed E-state index contributed by atoms with van der Waals surface area (Å²) in [6, 6.07) is 18.8. The first kappa shape index (κ1) is 18.5. The molecule has 0 atom stereocenters. The van der Waals surface area contributed by atoms with Crippen molar-refractivity contribution in [2.75, 3.05) is 31.2 Å². The van der Waals surface area contributed by atoms with Crippen LogP contribution in [-0.4, -0.2) is 32.1 Å². The van der Waals surface area contributed by atoms with Crippen LogP contribution in [0, 0.1) is 0 Å². The zero-order valence-electron chi connectivity index (χ0n) is 15.3. The van der Waals surface area contributed by atoms with Gasteiger partial charge in [-0.1, -0.05) is 23.7 Å². The summed E-state index contributed by atoms with van der Waals surface area (Å²) < 4.78 is 11.2. The van der Waals surface area contributed by atoms with Crippen LogP contribution in [0.25, 0.3) is 17.4 Å². The Morgan fingerprint density at radius 1 is 0.964 bits per heavy atom. The van der Waals surface area contributed by atoms with Gasteiger partial charge in [-0.25, -0.2) is 0 Å². The van der Waals surface area contributed by atoms with Gasteiger partial charge >= 0.3 is 0 Å². The lowest BCUT2D eigenvalue weighted by Gasteiger charge is -2.28. The highest BCUT2D eigenvalue weighted by Crippen LogP contribution is 2.29. The molecule has 1 aliphatic rings. The fourth-order valence-corrected chi connectivity index (χ4v) is 3.39. The number of halogens is 1. The number of ketones is 1. The van der Waals surface area contributed by atoms with E-state index in [2.05, 4.69) is 4.90 Å². The van der Waals surface area contributed by atoms with E-state index >= 15 is 0 Å². The van der Waals surface area contributed by atoms with Crippen molar-refractivity contribution in [2.45, 2.75) is 0 Å². The number of carbonyl (C=O) groups is 1. The van der Waals surface area contributed by atoms with Crippen molar-refractivity contribution in [3.63, 3.8) is 0 Å². The van der Waals surface area contributed by atoms with Gasteiger partial charge in [0.15, 0.2) is 5.78 Å². The first-order valence-electron chi connectivity index (χ1n) is 9.20. The minimum Gasteiger partial charge on any atom is -0.457 e. The van der Waals surface area contributed by atoms with Crippen molar-refractivity contribution in [2.24, 2.45) is 0 Å². The lowest BCUT2D eigenvalue weighted by molar-refractivity contribution is 0.104. The highest BCUT2D eigenvalue weighted by atomic mass is 35.5. The van der Waals surface area contributed by atoms with Gasteiger partial charge in [0.2, 0.25) is 0 Å². The van der Waals surface area contributed by atoms with Crippen LogP contribution < -0.4 is 4.90 Å². The van der Waals surface area contributed by atoms with Gasteiger partial charge in [-0.3, -0.25) is 4.79 Å². The average molecular weight is 394 g/mol. The van der Waals surface area contributed by atoms with Crippen LogP contribution in [0.3, 0.4) is 0 Å². The SMILES string of the molecule is O=C(/C=C\c1ccc(-c2ccccc2Cl)o1)c1ccc(N2CCOCC2)cc1. The smallest absolute Gasteiger partial charge is 0.185 e. The van der Waals surface area contributed by atoms with Crippen LogP contribution >= 0.6 is 11.6 Å². The third kappa shape index (κ3) is 4.19. The molecule has 4 nitrogen and oxygen atoms in total. The fourth-order valence-electron chi connectivity index (χ4n) is 3.16. The molecule has 1 aromatic heterocycles. The molecule has 142 valence electrons. The molecule has 0 radical (unpaired) electrons. The van der Waals surface area contributed by atoms with Gasteiger partial charge in [0, 0.05) is 29.9 Å². The Balaban J connectivity index is 1.43. The molecule has 0 saturated carbocycles. The maximum atomic E-state index is 12.5. The van der Waals surface area contributed by atoms with Crippen LogP contribution in [0.5, 0.6) is 0 Å². The number of ether oxygens (including phenoxy) is 1. The molecule has 0 unspecified atom stereocenters. The highest BCUT2D eigenvalue weighted by molar-refractivity contribution is 6.33. The molecule has 1 saturated heterocycles. The quantitative estimate of drug-likeness (QED) is 0.434. The summed E-state index contributed by atoms with van der Waals surface area (Å²) >= 11 is 6.20. The second-order valence-corrected chi connectivity index (χ2v) is 6.93. The maximum Gasteiger partial charge on any atom is 0.185 e. The van der Waals surface area contributed by atoms with Gasteiger partial charge in [0.1, 0.15) is 11.5 Å². The standard InChI is InChI=1S/C23H20ClNO3/c24-21-4-2-1-3-20(21)23-12-10-19(28-23)9-11-22(26)17-5-7-18(8-6-17)25-13-15-27-16-14-25/h1-12H,13-16H2/b11-9-. The summed E-state index contributed by atoms with van der Waals surface area (Å²) in [6.45, 7) is 3.23. The zero-order valence-corrected chi connectivity index (χ0v) is 16.1. The number of hydrogen-bond donors (Lipinski definition) is 0. The van der Waals surface area contributed by atoms with Crippen LogP contribution in [-0.2, 0) is 4.74 Å². The van der Waals surface area contributed by atoms with Crippen molar-refractivity contribution < 1.29 is 13.9 Å². The summed E-state index contributed by atoms with van der Waals surface area (Å²) in [5.74, 6) is 1.21. The lowest BCUT2D eigenvalue weighted by atomic mass is 10.1. The third-order valence-electron chi connectivity index (χ3n) is 4.69. The second kappa shape index (κ2) is 8.46. The number of nitrogens with zero attached hydrogens (tertiary/aromatic N) is 1. The van der Waals surface area contributed by atoms with E-state index in [0.717, 1.165) is 37.6 Å². The van der Waals surface area contributed by atoms with E-state index < -0.39 is 0 Å². The van der Waals surface area contributed by atoms with E-state index in [1.165, 1.54) is 6.08 Å². The van der Waals surface area contributed by atoms with Crippen molar-refractivity contribution >= 4 is 29.1 Å². The van der Waals surface area contributed by atoms with Crippen molar-refractivity contribution in [3.05, 3.63) is 83.1 Å². The lowest BCUT2D eigenvalue weighted by Crippen LogP contribution is -2.36. The summed E-state index contributed by atoms with van der Waals surface area (Å²) in [6.07, 6.45) is 3.21. The molecule has 0 bridgehead atoms. The molecule has 2 heterocycles. The van der Waals surface area contributed by atoms with Gasteiger partial charge < -0.3 is 14.1 Å². The maximum absolute atomic E-state index is 12.5. The Kier molecular flexibility index (Phi) is 5.60. The Hall–Kier alpha value is -2.82. The molecule has 2 aromatic carbocycles. The predicted molar refractivity (Wildman–Crippen MR) is 112 cm³/mol. The first-order chi connectivity index (χ1) is 13.7. The molecule has 1 aliphatic heterocycles. The summed E-state index contributed by atoms with van der Waals surface area (Å²) in [5.41, 5.74) is 2.58. The van der Waals surface area contributed by atoms with Gasteiger partial charge in [0.05, 0.1) is 18.2 Å². The number of carbonyl (C=O) groups excluding carboxylic acids is 1. The summed E-state index contributed by atoms with van der Waals surface area (Å²) in [4.78, 5) is 14.7. The number of allylic oxidation sites excluding steroid dienone is 1. The van der Waals surface area contributed by atoms with E-state index in [-0.39, 0.29) is 5.78 Å². The predicted octanol–water partition coefficient (Wildman–Crippen LogP) is 5.33. The largest absolute Gasteiger partial charge is 0.457 e. The van der Waals surface area contributed by atoms with E-state index in [4.69, 9.17) is 20.8 Å². The Morgan fingerprint density at radius 2 is 1.71 bits per heavy atom. The molecule has 4 rings (SSSR count). The van der Waals surface area contributed by atoms with Gasteiger partial charge in [-0.15, -0.1) is 0 Å². The minimum atomic E-state index is -0.0655. The highest BCUT2D eigenvalue weighted by Gasteiger charge is 2.12. The van der Waals surface area contributed by atoms with E-state index in [1.807, 2.05) is 60.7 Å². The van der Waals surface area contributed by atoms with E-state index in [0.29, 0.717) is 22.1 Å². The van der Waals surface area contributed by atoms with Crippen LogP contribution in [0.15, 0.2) is 71.2 Å². The number of morpholine rings is 1. The van der Waals surface area contributed by atoms with Crippen molar-refractivity contribution in [1.29, 1.82) is 0 Å². The molecule has 1 fully saturated rings. The number of anilines is 1. The Morgan fingerprint density at radius 3 is 2.46 bits per heavy atom. The zero-order chi connectivity index (χ0) is 19.3. The molecule has 5 heteroatoms. The Labute approximate surface area is 169 Å². The molecule has 3 aromatic rings. The number of benzene rings is 2. The van der Waals surface area contributed by atoms with E-state index in [1.54, 1.807) is 6.08 Å². The normalized spacial score (nSPS) is 14.5. The van der Waals surface area contributed by atoms with Gasteiger partial charge in [0.25, 0.3) is 0 Å². The monoisotopic (exact) mass is 393 g/mol. The molecule has 0 amide bonds. The summed E-state index contributed by atoms with van der Waals surface area (Å²) in [5, 5.41) is 0.629. The van der Waals surface area contributed by atoms with Crippen LogP contribution in [0.2, 0.25) is 5.02 Å². The first-order valence-corrected chi connectivity index (χ1v) is 9.58. The molecule has 0 spiro atoms. The third-order valence-corrected chi connectivity index (χ3v) is 5.02. The molecular weight excluding hydrogens is 374 g/mol. The molecule has 28 heavy (non-hydrogen) atoms. The van der Waals surface area contributed by atoms with Crippen molar-refractivity contribution in [3.8, 4) is 11.3 Å². The van der Waals surface area contributed by atoms with Gasteiger partial charge in [-0.05, 0) is 60.7 Å². The van der Waals surface area contributed by atoms with Crippen LogP contribution in [0.4, 0.5) is 5.69 Å². The average Bonchev–Trinajstić information content (AvgIpc) is 3.22.